The first-order valence-corrected chi connectivity index (χ1v) is 9.24. The minimum Gasteiger partial charge on any atom is -0.494 e. The van der Waals surface area contributed by atoms with E-state index in [0.717, 1.165) is 41.7 Å². The van der Waals surface area contributed by atoms with Gasteiger partial charge in [0.05, 0.1) is 6.61 Å². The molecule has 0 saturated heterocycles. The highest BCUT2D eigenvalue weighted by Gasteiger charge is 2.08. The van der Waals surface area contributed by atoms with E-state index in [4.69, 9.17) is 4.74 Å². The van der Waals surface area contributed by atoms with Crippen LogP contribution in [0.1, 0.15) is 12.8 Å². The molecule has 1 nitrogen and oxygen atoms in total. The highest BCUT2D eigenvalue weighted by atomic mass is 79.9. The van der Waals surface area contributed by atoms with Gasteiger partial charge in [-0.15, -0.1) is 11.3 Å². The lowest BCUT2D eigenvalue weighted by atomic mass is 10.0. The van der Waals surface area contributed by atoms with Crippen LogP contribution in [0.5, 0.6) is 5.75 Å². The van der Waals surface area contributed by atoms with Gasteiger partial charge in [0.15, 0.2) is 0 Å². The molecule has 0 fully saturated rings. The van der Waals surface area contributed by atoms with Crippen molar-refractivity contribution in [2.24, 2.45) is 0 Å². The summed E-state index contributed by atoms with van der Waals surface area (Å²) in [5.74, 6) is 0.706. The molecule has 1 heterocycles. The van der Waals surface area contributed by atoms with Gasteiger partial charge in [0.1, 0.15) is 11.6 Å². The van der Waals surface area contributed by atoms with Crippen molar-refractivity contribution in [2.45, 2.75) is 12.8 Å². The summed E-state index contributed by atoms with van der Waals surface area (Å²) < 4.78 is 20.0. The smallest absolute Gasteiger partial charge is 0.123 e. The first-order chi connectivity index (χ1) is 10.8. The molecule has 3 aromatic rings. The van der Waals surface area contributed by atoms with Crippen LogP contribution in [0.25, 0.3) is 21.2 Å². The van der Waals surface area contributed by atoms with Gasteiger partial charge in [0.2, 0.25) is 0 Å². The minimum atomic E-state index is -0.206. The predicted octanol–water partition coefficient (Wildman–Crippen LogP) is 6.26. The molecule has 0 spiro atoms. The van der Waals surface area contributed by atoms with Gasteiger partial charge in [-0.25, -0.2) is 4.39 Å². The monoisotopic (exact) mass is 378 g/mol. The average Bonchev–Trinajstić information content (AvgIpc) is 2.95. The second-order valence-electron chi connectivity index (χ2n) is 5.06. The fourth-order valence-corrected chi connectivity index (χ4v) is 3.73. The Morgan fingerprint density at radius 1 is 1.05 bits per heavy atom. The van der Waals surface area contributed by atoms with Crippen molar-refractivity contribution in [3.05, 3.63) is 53.7 Å². The van der Waals surface area contributed by atoms with Gasteiger partial charge >= 0.3 is 0 Å². The van der Waals surface area contributed by atoms with Gasteiger partial charge in [0, 0.05) is 21.0 Å². The van der Waals surface area contributed by atoms with Crippen molar-refractivity contribution in [3.8, 4) is 16.9 Å². The van der Waals surface area contributed by atoms with Gasteiger partial charge in [0.25, 0.3) is 0 Å². The topological polar surface area (TPSA) is 9.23 Å². The maximum absolute atomic E-state index is 13.1. The number of ether oxygens (including phenoxy) is 1. The number of halogens is 2. The summed E-state index contributed by atoms with van der Waals surface area (Å²) in [4.78, 5) is 0. The Labute approximate surface area is 141 Å². The van der Waals surface area contributed by atoms with E-state index in [0.29, 0.717) is 0 Å². The van der Waals surface area contributed by atoms with E-state index >= 15 is 0 Å². The summed E-state index contributed by atoms with van der Waals surface area (Å²) in [7, 11) is 0. The molecule has 1 aromatic heterocycles. The lowest BCUT2D eigenvalue weighted by Crippen LogP contribution is -1.97. The molecule has 3 rings (SSSR count). The van der Waals surface area contributed by atoms with Crippen molar-refractivity contribution in [2.75, 3.05) is 11.9 Å². The molecule has 0 amide bonds. The van der Waals surface area contributed by atoms with E-state index in [1.54, 1.807) is 11.3 Å². The highest BCUT2D eigenvalue weighted by molar-refractivity contribution is 9.09. The predicted molar refractivity (Wildman–Crippen MR) is 95.7 cm³/mol. The molecule has 0 N–H and O–H groups in total. The summed E-state index contributed by atoms with van der Waals surface area (Å²) >= 11 is 5.11. The highest BCUT2D eigenvalue weighted by Crippen LogP contribution is 2.36. The Morgan fingerprint density at radius 2 is 1.86 bits per heavy atom. The van der Waals surface area contributed by atoms with Crippen LogP contribution in [-0.4, -0.2) is 11.9 Å². The first-order valence-electron chi connectivity index (χ1n) is 7.24. The Balaban J connectivity index is 1.81. The lowest BCUT2D eigenvalue weighted by Gasteiger charge is -2.06. The van der Waals surface area contributed by atoms with Crippen LogP contribution in [0.3, 0.4) is 0 Å². The van der Waals surface area contributed by atoms with E-state index in [-0.39, 0.29) is 5.82 Å². The maximum atomic E-state index is 13.1. The molecular weight excluding hydrogens is 363 g/mol. The largest absolute Gasteiger partial charge is 0.494 e. The molecule has 0 aliphatic heterocycles. The molecule has 114 valence electrons. The molecule has 4 heteroatoms. The molecular formula is C18H16BrFOS. The Kier molecular flexibility index (Phi) is 5.11. The number of hydrogen-bond acceptors (Lipinski definition) is 2. The zero-order valence-electron chi connectivity index (χ0n) is 12.0. The van der Waals surface area contributed by atoms with Crippen molar-refractivity contribution in [3.63, 3.8) is 0 Å². The Hall–Kier alpha value is -1.39. The summed E-state index contributed by atoms with van der Waals surface area (Å²) in [6, 6.07) is 12.8. The van der Waals surface area contributed by atoms with Crippen LogP contribution in [0, 0.1) is 5.82 Å². The van der Waals surface area contributed by atoms with Crippen molar-refractivity contribution in [1.29, 1.82) is 0 Å². The quantitative estimate of drug-likeness (QED) is 0.363. The molecule has 0 bridgehead atoms. The number of unbranched alkanes of at least 4 members (excludes halogenated alkanes) is 1. The third-order valence-corrected chi connectivity index (χ3v) is 5.00. The van der Waals surface area contributed by atoms with Crippen LogP contribution >= 0.6 is 27.3 Å². The van der Waals surface area contributed by atoms with E-state index < -0.39 is 0 Å². The van der Waals surface area contributed by atoms with Crippen molar-refractivity contribution >= 4 is 37.4 Å². The second kappa shape index (κ2) is 7.25. The van der Waals surface area contributed by atoms with Crippen LogP contribution in [-0.2, 0) is 0 Å². The fraction of sp³-hybridized carbons (Fsp3) is 0.222. The van der Waals surface area contributed by atoms with E-state index in [9.17, 15) is 4.39 Å². The number of benzene rings is 2. The molecule has 0 saturated carbocycles. The Morgan fingerprint density at radius 3 is 2.64 bits per heavy atom. The molecule has 0 unspecified atom stereocenters. The summed E-state index contributed by atoms with van der Waals surface area (Å²) in [6.07, 6.45) is 2.17. The van der Waals surface area contributed by atoms with Crippen LogP contribution in [0.4, 0.5) is 4.39 Å². The molecule has 0 aliphatic carbocycles. The van der Waals surface area contributed by atoms with Gasteiger partial charge in [-0.2, -0.15) is 0 Å². The number of rotatable bonds is 6. The average molecular weight is 379 g/mol. The standard InChI is InChI=1S/C18H16BrFOS/c19-9-1-2-10-21-15-7-8-16-17(12-22-18(16)11-15)13-3-5-14(20)6-4-13/h3-8,11-12H,1-2,9-10H2. The van der Waals surface area contributed by atoms with Gasteiger partial charge < -0.3 is 4.74 Å². The maximum Gasteiger partial charge on any atom is 0.123 e. The van der Waals surface area contributed by atoms with E-state index in [1.807, 2.05) is 18.2 Å². The molecule has 0 aliphatic rings. The fourth-order valence-electron chi connectivity index (χ4n) is 2.34. The van der Waals surface area contributed by atoms with Crippen molar-refractivity contribution in [1.82, 2.24) is 0 Å². The van der Waals surface area contributed by atoms with Crippen molar-refractivity contribution < 1.29 is 9.13 Å². The van der Waals surface area contributed by atoms with Crippen LogP contribution < -0.4 is 4.74 Å². The summed E-state index contributed by atoms with van der Waals surface area (Å²) in [5.41, 5.74) is 2.18. The summed E-state index contributed by atoms with van der Waals surface area (Å²) in [6.45, 7) is 0.743. The molecule has 0 radical (unpaired) electrons. The second-order valence-corrected chi connectivity index (χ2v) is 6.76. The third kappa shape index (κ3) is 3.50. The van der Waals surface area contributed by atoms with Crippen LogP contribution in [0.15, 0.2) is 47.8 Å². The van der Waals surface area contributed by atoms with E-state index in [1.165, 1.54) is 22.2 Å². The first kappa shape index (κ1) is 15.5. The van der Waals surface area contributed by atoms with Crippen LogP contribution in [0.2, 0.25) is 0 Å². The zero-order chi connectivity index (χ0) is 15.4. The normalized spacial score (nSPS) is 11.0. The minimum absolute atomic E-state index is 0.206. The molecule has 2 aromatic carbocycles. The van der Waals surface area contributed by atoms with Gasteiger partial charge in [-0.3, -0.25) is 0 Å². The van der Waals surface area contributed by atoms with E-state index in [2.05, 4.69) is 33.4 Å². The number of hydrogen-bond donors (Lipinski definition) is 0. The lowest BCUT2D eigenvalue weighted by molar-refractivity contribution is 0.310. The number of thiophene rings is 1. The zero-order valence-corrected chi connectivity index (χ0v) is 14.4. The van der Waals surface area contributed by atoms with Gasteiger partial charge in [-0.1, -0.05) is 28.1 Å². The Bertz CT molecular complexity index is 751. The SMILES string of the molecule is Fc1ccc(-c2csc3cc(OCCCCBr)ccc23)cc1. The molecule has 22 heavy (non-hydrogen) atoms. The number of alkyl halides is 1. The van der Waals surface area contributed by atoms with Gasteiger partial charge in [-0.05, 0) is 54.1 Å². The molecule has 0 atom stereocenters. The number of fused-ring (bicyclic) bond motifs is 1. The summed E-state index contributed by atoms with van der Waals surface area (Å²) in [5, 5.41) is 4.32. The third-order valence-electron chi connectivity index (χ3n) is 3.50.